The Morgan fingerprint density at radius 3 is 2.00 bits per heavy atom. The second-order valence-corrected chi connectivity index (χ2v) is 4.86. The molecule has 14 heavy (non-hydrogen) atoms. The summed E-state index contributed by atoms with van der Waals surface area (Å²) in [4.78, 5) is 11.2. The molecule has 0 amide bonds. The smallest absolute Gasteiger partial charge is 0.307 e. The van der Waals surface area contributed by atoms with Crippen LogP contribution in [-0.2, 0) is 4.79 Å². The van der Waals surface area contributed by atoms with Gasteiger partial charge in [-0.25, -0.2) is 0 Å². The van der Waals surface area contributed by atoms with Crippen LogP contribution < -0.4 is 0 Å². The highest BCUT2D eigenvalue weighted by Crippen LogP contribution is 2.33. The van der Waals surface area contributed by atoms with Gasteiger partial charge in [0, 0.05) is 0 Å². The highest BCUT2D eigenvalue weighted by atomic mass is 16.4. The molecule has 1 N–H and O–H groups in total. The van der Waals surface area contributed by atoms with Crippen molar-refractivity contribution in [3.63, 3.8) is 0 Å². The predicted octanol–water partition coefficient (Wildman–Crippen LogP) is 3.31. The Hall–Kier alpha value is -0.530. The average Bonchev–Trinajstić information content (AvgIpc) is 2.31. The fourth-order valence-electron chi connectivity index (χ4n) is 2.70. The maximum absolute atomic E-state index is 11.2. The molecule has 1 saturated carbocycles. The number of hydrogen-bond acceptors (Lipinski definition) is 1. The number of carbonyl (C=O) groups is 1. The molecule has 2 nitrogen and oxygen atoms in total. The highest BCUT2D eigenvalue weighted by molar-refractivity contribution is 5.70. The molecule has 1 rings (SSSR count). The predicted molar refractivity (Wildman–Crippen MR) is 57.2 cm³/mol. The summed E-state index contributed by atoms with van der Waals surface area (Å²) in [5.74, 6) is -0.00870. The molecule has 0 spiro atoms. The van der Waals surface area contributed by atoms with E-state index in [1.54, 1.807) is 0 Å². The monoisotopic (exact) mass is 198 g/mol. The molecule has 0 bridgehead atoms. The van der Waals surface area contributed by atoms with Gasteiger partial charge in [0.2, 0.25) is 0 Å². The molecule has 1 aliphatic carbocycles. The standard InChI is InChI=1S/C12H22O2/c1-9(2)11(12(13)14)10-7-5-3-4-6-8-10/h9-11H,3-8H2,1-2H3,(H,13,14). The Morgan fingerprint density at radius 1 is 1.14 bits per heavy atom. The first-order valence-corrected chi connectivity index (χ1v) is 5.85. The summed E-state index contributed by atoms with van der Waals surface area (Å²) in [6.45, 7) is 4.06. The minimum absolute atomic E-state index is 0.118. The molecule has 0 aromatic heterocycles. The molecule has 0 aliphatic heterocycles. The van der Waals surface area contributed by atoms with Gasteiger partial charge < -0.3 is 5.11 Å². The molecule has 1 atom stereocenters. The van der Waals surface area contributed by atoms with Crippen molar-refractivity contribution in [3.05, 3.63) is 0 Å². The van der Waals surface area contributed by atoms with Gasteiger partial charge in [0.05, 0.1) is 5.92 Å². The van der Waals surface area contributed by atoms with Crippen molar-refractivity contribution < 1.29 is 9.90 Å². The normalized spacial score (nSPS) is 21.9. The van der Waals surface area contributed by atoms with Gasteiger partial charge in [0.15, 0.2) is 0 Å². The summed E-state index contributed by atoms with van der Waals surface area (Å²) in [6, 6.07) is 0. The van der Waals surface area contributed by atoms with E-state index in [4.69, 9.17) is 0 Å². The van der Waals surface area contributed by atoms with Crippen molar-refractivity contribution >= 4 is 5.97 Å². The van der Waals surface area contributed by atoms with E-state index in [1.807, 2.05) is 13.8 Å². The largest absolute Gasteiger partial charge is 0.481 e. The van der Waals surface area contributed by atoms with Gasteiger partial charge in [-0.15, -0.1) is 0 Å². The fraction of sp³-hybridized carbons (Fsp3) is 0.917. The molecule has 1 unspecified atom stereocenters. The van der Waals surface area contributed by atoms with Crippen LogP contribution >= 0.6 is 0 Å². The second-order valence-electron chi connectivity index (χ2n) is 4.86. The van der Waals surface area contributed by atoms with Crippen LogP contribution in [0.3, 0.4) is 0 Å². The van der Waals surface area contributed by atoms with Crippen molar-refractivity contribution in [1.82, 2.24) is 0 Å². The molecule has 0 aromatic carbocycles. The van der Waals surface area contributed by atoms with Crippen LogP contribution in [0.2, 0.25) is 0 Å². The summed E-state index contributed by atoms with van der Waals surface area (Å²) in [6.07, 6.45) is 7.27. The Labute approximate surface area is 86.7 Å². The van der Waals surface area contributed by atoms with Crippen LogP contribution in [-0.4, -0.2) is 11.1 Å². The minimum atomic E-state index is -0.591. The van der Waals surface area contributed by atoms with E-state index in [0.29, 0.717) is 5.92 Å². The van der Waals surface area contributed by atoms with E-state index in [9.17, 15) is 9.90 Å². The van der Waals surface area contributed by atoms with Crippen LogP contribution in [0.25, 0.3) is 0 Å². The van der Waals surface area contributed by atoms with Gasteiger partial charge >= 0.3 is 5.97 Å². The van der Waals surface area contributed by atoms with Crippen molar-refractivity contribution in [1.29, 1.82) is 0 Å². The molecule has 0 radical (unpaired) electrons. The second kappa shape index (κ2) is 5.38. The third kappa shape index (κ3) is 3.00. The zero-order chi connectivity index (χ0) is 10.6. The molecule has 0 aromatic rings. The highest BCUT2D eigenvalue weighted by Gasteiger charge is 2.30. The first-order chi connectivity index (χ1) is 6.63. The lowest BCUT2D eigenvalue weighted by molar-refractivity contribution is -0.145. The van der Waals surface area contributed by atoms with Crippen molar-refractivity contribution in [2.75, 3.05) is 0 Å². The maximum atomic E-state index is 11.2. The maximum Gasteiger partial charge on any atom is 0.307 e. The Kier molecular flexibility index (Phi) is 4.43. The van der Waals surface area contributed by atoms with Gasteiger partial charge in [0.1, 0.15) is 0 Å². The van der Waals surface area contributed by atoms with Crippen molar-refractivity contribution in [2.45, 2.75) is 52.4 Å². The first-order valence-electron chi connectivity index (χ1n) is 5.85. The number of aliphatic carboxylic acids is 1. The van der Waals surface area contributed by atoms with Gasteiger partial charge in [-0.2, -0.15) is 0 Å². The molecular weight excluding hydrogens is 176 g/mol. The van der Waals surface area contributed by atoms with Crippen LogP contribution in [0.4, 0.5) is 0 Å². The topological polar surface area (TPSA) is 37.3 Å². The average molecular weight is 198 g/mol. The van der Waals surface area contributed by atoms with Crippen LogP contribution in [0.1, 0.15) is 52.4 Å². The van der Waals surface area contributed by atoms with Crippen LogP contribution in [0, 0.1) is 17.8 Å². The number of carboxylic acid groups (broad SMARTS) is 1. The van der Waals surface area contributed by atoms with E-state index in [1.165, 1.54) is 25.7 Å². The van der Waals surface area contributed by atoms with E-state index in [2.05, 4.69) is 0 Å². The fourth-order valence-corrected chi connectivity index (χ4v) is 2.70. The molecule has 82 valence electrons. The lowest BCUT2D eigenvalue weighted by Gasteiger charge is -2.25. The Bertz CT molecular complexity index is 179. The van der Waals surface area contributed by atoms with E-state index in [-0.39, 0.29) is 11.8 Å². The quantitative estimate of drug-likeness (QED) is 0.706. The number of hydrogen-bond donors (Lipinski definition) is 1. The van der Waals surface area contributed by atoms with E-state index >= 15 is 0 Å². The van der Waals surface area contributed by atoms with E-state index < -0.39 is 5.97 Å². The van der Waals surface area contributed by atoms with Crippen molar-refractivity contribution in [3.8, 4) is 0 Å². The first kappa shape index (κ1) is 11.5. The van der Waals surface area contributed by atoms with Crippen molar-refractivity contribution in [2.24, 2.45) is 17.8 Å². The summed E-state index contributed by atoms with van der Waals surface area (Å²) in [5, 5.41) is 9.19. The molecule has 0 saturated heterocycles. The summed E-state index contributed by atoms with van der Waals surface area (Å²) in [7, 11) is 0. The zero-order valence-electron chi connectivity index (χ0n) is 9.33. The van der Waals surface area contributed by atoms with Gasteiger partial charge in [-0.3, -0.25) is 4.79 Å². The lowest BCUT2D eigenvalue weighted by atomic mass is 9.79. The lowest BCUT2D eigenvalue weighted by Crippen LogP contribution is -2.28. The molecular formula is C12H22O2. The summed E-state index contributed by atoms with van der Waals surface area (Å²) < 4.78 is 0. The van der Waals surface area contributed by atoms with Gasteiger partial charge in [-0.05, 0) is 24.7 Å². The van der Waals surface area contributed by atoms with Gasteiger partial charge in [0.25, 0.3) is 0 Å². The van der Waals surface area contributed by atoms with Crippen LogP contribution in [0.5, 0.6) is 0 Å². The van der Waals surface area contributed by atoms with E-state index in [0.717, 1.165) is 12.8 Å². The van der Waals surface area contributed by atoms with Gasteiger partial charge in [-0.1, -0.05) is 39.5 Å². The number of rotatable bonds is 3. The third-order valence-corrected chi connectivity index (χ3v) is 3.41. The van der Waals surface area contributed by atoms with Crippen LogP contribution in [0.15, 0.2) is 0 Å². The summed E-state index contributed by atoms with van der Waals surface area (Å²) >= 11 is 0. The molecule has 1 fully saturated rings. The number of carboxylic acids is 1. The third-order valence-electron chi connectivity index (χ3n) is 3.41. The zero-order valence-corrected chi connectivity index (χ0v) is 9.33. The Morgan fingerprint density at radius 2 is 1.64 bits per heavy atom. The SMILES string of the molecule is CC(C)C(C(=O)O)C1CCCCCC1. The summed E-state index contributed by atoms with van der Waals surface area (Å²) in [5.41, 5.74) is 0. The Balaban J connectivity index is 2.60. The molecule has 2 heteroatoms. The minimum Gasteiger partial charge on any atom is -0.481 e. The molecule has 0 heterocycles. The molecule has 1 aliphatic rings.